The minimum atomic E-state index is -3.61. The maximum absolute atomic E-state index is 13.1. The molecule has 3 rings (SSSR count). The Morgan fingerprint density at radius 2 is 1.73 bits per heavy atom. The molecule has 0 radical (unpaired) electrons. The summed E-state index contributed by atoms with van der Waals surface area (Å²) in [6.45, 7) is 11.0. The fraction of sp³-hybridized carbons (Fsp3) is 0.600. The molecule has 0 amide bonds. The first kappa shape index (κ1) is 20.0. The molecule has 0 heterocycles. The van der Waals surface area contributed by atoms with Crippen molar-refractivity contribution in [1.29, 1.82) is 0 Å². The summed E-state index contributed by atoms with van der Waals surface area (Å²) in [5, 5.41) is 0. The topological polar surface area (TPSA) is 44.8 Å². The summed E-state index contributed by atoms with van der Waals surface area (Å²) in [6.07, 6.45) is 2.15. The van der Waals surface area contributed by atoms with E-state index in [2.05, 4.69) is 32.9 Å². The van der Waals surface area contributed by atoms with Crippen molar-refractivity contribution in [2.24, 2.45) is 16.7 Å². The van der Waals surface area contributed by atoms with Crippen molar-refractivity contribution in [3.05, 3.63) is 41.0 Å². The monoisotopic (exact) mass is 396 g/mol. The fourth-order valence-electron chi connectivity index (χ4n) is 4.19. The van der Waals surface area contributed by atoms with Crippen LogP contribution in [-0.4, -0.2) is 13.2 Å². The third-order valence-electron chi connectivity index (χ3n) is 6.02. The van der Waals surface area contributed by atoms with Crippen molar-refractivity contribution in [1.82, 2.24) is 0 Å². The fourth-order valence-corrected chi connectivity index (χ4v) is 7.05. The zero-order valence-corrected chi connectivity index (χ0v) is 18.0. The molecule has 2 aliphatic carbocycles. The SMILES string of the molecule is CCOP(=O)(OCC)OC1=C(Sc2ccccc2)[C@H]2CC[C@]1(C)C2(C)C. The van der Waals surface area contributed by atoms with Gasteiger partial charge in [-0.3, -0.25) is 9.05 Å². The number of phosphoric acid groups is 1. The van der Waals surface area contributed by atoms with Crippen molar-refractivity contribution in [2.75, 3.05) is 13.2 Å². The van der Waals surface area contributed by atoms with Crippen LogP contribution < -0.4 is 0 Å². The molecule has 1 aromatic rings. The van der Waals surface area contributed by atoms with Gasteiger partial charge in [0.25, 0.3) is 0 Å². The number of benzene rings is 1. The number of phosphoric ester groups is 1. The van der Waals surface area contributed by atoms with E-state index in [0.717, 1.165) is 18.6 Å². The zero-order valence-electron chi connectivity index (χ0n) is 16.3. The molecule has 0 aromatic heterocycles. The Hall–Kier alpha value is -0.740. The summed E-state index contributed by atoms with van der Waals surface area (Å²) in [4.78, 5) is 2.34. The maximum Gasteiger partial charge on any atom is 0.529 e. The van der Waals surface area contributed by atoms with Crippen molar-refractivity contribution >= 4 is 19.6 Å². The van der Waals surface area contributed by atoms with Crippen molar-refractivity contribution in [3.8, 4) is 0 Å². The lowest BCUT2D eigenvalue weighted by atomic mass is 9.70. The van der Waals surface area contributed by atoms with Crippen LogP contribution in [0.4, 0.5) is 0 Å². The van der Waals surface area contributed by atoms with E-state index in [1.807, 2.05) is 18.2 Å². The van der Waals surface area contributed by atoms with E-state index in [1.54, 1.807) is 25.6 Å². The summed E-state index contributed by atoms with van der Waals surface area (Å²) < 4.78 is 30.0. The Kier molecular flexibility index (Phi) is 5.66. The second-order valence-electron chi connectivity index (χ2n) is 7.63. The average Bonchev–Trinajstić information content (AvgIpc) is 2.90. The number of fused-ring (bicyclic) bond motifs is 2. The van der Waals surface area contributed by atoms with Gasteiger partial charge in [0.05, 0.1) is 13.2 Å². The molecule has 1 saturated carbocycles. The molecule has 0 spiro atoms. The van der Waals surface area contributed by atoms with Gasteiger partial charge in [-0.05, 0) is 50.2 Å². The minimum absolute atomic E-state index is 0.0444. The molecule has 6 heteroatoms. The van der Waals surface area contributed by atoms with Gasteiger partial charge in [-0.15, -0.1) is 0 Å². The van der Waals surface area contributed by atoms with E-state index < -0.39 is 7.82 Å². The zero-order chi connectivity index (χ0) is 19.0. The minimum Gasteiger partial charge on any atom is -0.407 e. The Morgan fingerprint density at radius 3 is 2.31 bits per heavy atom. The second-order valence-corrected chi connectivity index (χ2v) is 10.3. The van der Waals surface area contributed by atoms with E-state index in [9.17, 15) is 4.57 Å². The van der Waals surface area contributed by atoms with Crippen LogP contribution in [0.15, 0.2) is 45.9 Å². The summed E-state index contributed by atoms with van der Waals surface area (Å²) in [6, 6.07) is 10.3. The van der Waals surface area contributed by atoms with Gasteiger partial charge in [0, 0.05) is 15.2 Å². The average molecular weight is 396 g/mol. The summed E-state index contributed by atoms with van der Waals surface area (Å²) in [7, 11) is -3.61. The smallest absolute Gasteiger partial charge is 0.407 e. The van der Waals surface area contributed by atoms with Crippen molar-refractivity contribution in [3.63, 3.8) is 0 Å². The van der Waals surface area contributed by atoms with Crippen molar-refractivity contribution < 1.29 is 18.1 Å². The number of allylic oxidation sites excluding steroid dienone is 2. The quantitative estimate of drug-likeness (QED) is 0.461. The number of rotatable bonds is 8. The predicted molar refractivity (Wildman–Crippen MR) is 106 cm³/mol. The standard InChI is InChI=1S/C20H29O4PS/c1-6-22-25(21,23-7-2)24-18-17(26-15-11-9-8-10-12-15)16-13-14-20(18,5)19(16,3)4/h8-12,16H,6-7,13-14H2,1-5H3/t16-,20+/m1/s1. The van der Waals surface area contributed by atoms with Crippen LogP contribution in [0.3, 0.4) is 0 Å². The van der Waals surface area contributed by atoms with E-state index in [0.29, 0.717) is 5.92 Å². The molecule has 144 valence electrons. The van der Waals surface area contributed by atoms with Crippen LogP contribution in [0, 0.1) is 16.7 Å². The van der Waals surface area contributed by atoms with Gasteiger partial charge in [-0.25, -0.2) is 4.57 Å². The molecule has 2 atom stereocenters. The molecule has 26 heavy (non-hydrogen) atoms. The van der Waals surface area contributed by atoms with E-state index >= 15 is 0 Å². The molecule has 1 aromatic carbocycles. The van der Waals surface area contributed by atoms with Gasteiger partial charge in [0.15, 0.2) is 0 Å². The molecule has 0 N–H and O–H groups in total. The van der Waals surface area contributed by atoms with Gasteiger partial charge in [0.2, 0.25) is 0 Å². The van der Waals surface area contributed by atoms with Crippen LogP contribution in [0.5, 0.6) is 0 Å². The number of hydrogen-bond acceptors (Lipinski definition) is 5. The van der Waals surface area contributed by atoms with Crippen molar-refractivity contribution in [2.45, 2.75) is 52.4 Å². The predicted octanol–water partition coefficient (Wildman–Crippen LogP) is 6.64. The molecule has 2 aliphatic rings. The lowest BCUT2D eigenvalue weighted by molar-refractivity contribution is 0.0909. The summed E-state index contributed by atoms with van der Waals surface area (Å²) in [5.74, 6) is 1.20. The maximum atomic E-state index is 13.1. The highest BCUT2D eigenvalue weighted by Crippen LogP contribution is 2.72. The molecule has 1 fully saturated rings. The van der Waals surface area contributed by atoms with Crippen LogP contribution in [-0.2, 0) is 18.1 Å². The van der Waals surface area contributed by atoms with Gasteiger partial charge in [-0.1, -0.05) is 50.7 Å². The number of hydrogen-bond donors (Lipinski definition) is 0. The largest absolute Gasteiger partial charge is 0.529 e. The first-order chi connectivity index (χ1) is 12.3. The molecule has 0 aliphatic heterocycles. The van der Waals surface area contributed by atoms with Gasteiger partial charge in [-0.2, -0.15) is 0 Å². The molecular formula is C20H29O4PS. The third kappa shape index (κ3) is 3.28. The lowest BCUT2D eigenvalue weighted by Crippen LogP contribution is -2.30. The van der Waals surface area contributed by atoms with Gasteiger partial charge >= 0.3 is 7.82 Å². The molecule has 4 nitrogen and oxygen atoms in total. The highest BCUT2D eigenvalue weighted by Gasteiger charge is 2.63. The van der Waals surface area contributed by atoms with Crippen LogP contribution in [0.2, 0.25) is 0 Å². The molecule has 0 saturated heterocycles. The molecule has 2 bridgehead atoms. The van der Waals surface area contributed by atoms with Crippen LogP contribution in [0.1, 0.15) is 47.5 Å². The first-order valence-corrected chi connectivity index (χ1v) is 11.6. The van der Waals surface area contributed by atoms with Gasteiger partial charge < -0.3 is 4.52 Å². The summed E-state index contributed by atoms with van der Waals surface area (Å²) >= 11 is 1.72. The highest BCUT2D eigenvalue weighted by atomic mass is 32.2. The first-order valence-electron chi connectivity index (χ1n) is 9.33. The van der Waals surface area contributed by atoms with Gasteiger partial charge in [0.1, 0.15) is 5.76 Å². The van der Waals surface area contributed by atoms with E-state index in [4.69, 9.17) is 13.6 Å². The Morgan fingerprint density at radius 1 is 1.12 bits per heavy atom. The van der Waals surface area contributed by atoms with Crippen LogP contribution >= 0.6 is 19.6 Å². The van der Waals surface area contributed by atoms with E-state index in [1.165, 1.54) is 9.80 Å². The summed E-state index contributed by atoms with van der Waals surface area (Å²) in [5.41, 5.74) is -0.124. The number of thioether (sulfide) groups is 1. The third-order valence-corrected chi connectivity index (χ3v) is 8.77. The van der Waals surface area contributed by atoms with Crippen LogP contribution in [0.25, 0.3) is 0 Å². The van der Waals surface area contributed by atoms with E-state index in [-0.39, 0.29) is 24.0 Å². The Bertz CT molecular complexity index is 721. The molecule has 0 unspecified atom stereocenters. The normalized spacial score (nSPS) is 27.2. The molecular weight excluding hydrogens is 367 g/mol. The Labute approximate surface area is 161 Å². The Balaban J connectivity index is 2.02. The second kappa shape index (κ2) is 7.35. The highest BCUT2D eigenvalue weighted by molar-refractivity contribution is 8.03. The lowest BCUT2D eigenvalue weighted by Gasteiger charge is -2.36.